The number of hydrogen-bond acceptors (Lipinski definition) is 6. The van der Waals surface area contributed by atoms with Gasteiger partial charge in [0.1, 0.15) is 5.75 Å². The molecule has 2 fully saturated rings. The smallest absolute Gasteiger partial charge is 0.264 e. The number of aliphatic hydroxyl groups is 1. The first-order valence-electron chi connectivity index (χ1n) is 15.4. The normalized spacial score (nSPS) is 33.3. The van der Waals surface area contributed by atoms with E-state index in [0.29, 0.717) is 43.2 Å². The van der Waals surface area contributed by atoms with Crippen LogP contribution in [-0.4, -0.2) is 50.5 Å². The Bertz CT molecular complexity index is 1520. The quantitative estimate of drug-likeness (QED) is 0.421. The number of halogens is 1. The number of carbonyl (C=O) groups excluding carboxylic acids is 1. The number of allylic oxidation sites excluding steroid dienone is 1. The van der Waals surface area contributed by atoms with E-state index in [0.717, 1.165) is 62.2 Å². The summed E-state index contributed by atoms with van der Waals surface area (Å²) in [6.07, 6.45) is 10.9. The van der Waals surface area contributed by atoms with Gasteiger partial charge in [-0.2, -0.15) is 0 Å². The molecule has 5 atom stereocenters. The average Bonchev–Trinajstić information content (AvgIpc) is 3.78. The van der Waals surface area contributed by atoms with Crippen LogP contribution < -0.4 is 14.4 Å². The first kappa shape index (κ1) is 28.2. The number of nitrogens with zero attached hydrogens (tertiary/aromatic N) is 1. The lowest BCUT2D eigenvalue weighted by atomic mass is 9.68. The van der Waals surface area contributed by atoms with E-state index in [1.165, 1.54) is 11.1 Å². The molecule has 3 aliphatic carbocycles. The summed E-state index contributed by atoms with van der Waals surface area (Å²) in [5.41, 5.74) is 3.39. The maximum Gasteiger partial charge on any atom is 0.264 e. The van der Waals surface area contributed by atoms with Crippen LogP contribution in [0.5, 0.6) is 5.75 Å². The van der Waals surface area contributed by atoms with E-state index in [1.807, 2.05) is 24.3 Å². The molecule has 2 N–H and O–H groups in total. The summed E-state index contributed by atoms with van der Waals surface area (Å²) >= 11 is 6.39. The van der Waals surface area contributed by atoms with Crippen molar-refractivity contribution in [3.8, 4) is 5.75 Å². The van der Waals surface area contributed by atoms with Gasteiger partial charge in [-0.05, 0) is 117 Å². The minimum atomic E-state index is -3.86. The second kappa shape index (κ2) is 10.9. The van der Waals surface area contributed by atoms with Crippen LogP contribution in [0.1, 0.15) is 72.9 Å². The second-order valence-electron chi connectivity index (χ2n) is 13.1. The summed E-state index contributed by atoms with van der Waals surface area (Å²) in [6.45, 7) is 1.94. The minimum Gasteiger partial charge on any atom is -0.490 e. The van der Waals surface area contributed by atoms with E-state index >= 15 is 0 Å². The highest BCUT2D eigenvalue weighted by Crippen LogP contribution is 2.47. The van der Waals surface area contributed by atoms with Crippen LogP contribution in [0.3, 0.4) is 0 Å². The van der Waals surface area contributed by atoms with Crippen molar-refractivity contribution < 1.29 is 23.1 Å². The van der Waals surface area contributed by atoms with Crippen LogP contribution in [0.2, 0.25) is 5.02 Å². The van der Waals surface area contributed by atoms with E-state index < -0.39 is 27.3 Å². The first-order valence-corrected chi connectivity index (χ1v) is 17.4. The number of aliphatic hydroxyl groups excluding tert-OH is 1. The standard InChI is InChI=1S/C33H39ClN2O5S/c34-25-11-13-27-22(16-25)4-3-15-33(27)19-36-18-24-9-12-26(24)29(37)5-1-2-6-31(21-7-8-21)42(39,40)35-32(38)23-10-14-30(41-20-33)28(36)17-23/h1,5,10-11,13-14,16-17,21,24,26,29,31,37H,2-4,6-9,12,15,18-20H2,(H,35,38)/b5-1-/t24-,26+,29-,31-,33-/m0/s1. The zero-order valence-corrected chi connectivity index (χ0v) is 25.4. The molecular weight excluding hydrogens is 572 g/mol. The van der Waals surface area contributed by atoms with Crippen LogP contribution >= 0.6 is 11.6 Å². The van der Waals surface area contributed by atoms with Crippen molar-refractivity contribution in [2.75, 3.05) is 24.6 Å². The monoisotopic (exact) mass is 610 g/mol. The van der Waals surface area contributed by atoms with Gasteiger partial charge >= 0.3 is 0 Å². The Hall–Kier alpha value is -2.55. The Morgan fingerprint density at radius 2 is 1.88 bits per heavy atom. The number of rotatable bonds is 1. The Morgan fingerprint density at radius 3 is 2.67 bits per heavy atom. The number of benzene rings is 2. The molecule has 2 heterocycles. The fourth-order valence-electron chi connectivity index (χ4n) is 7.82. The minimum absolute atomic E-state index is 0.0731. The molecule has 7 rings (SSSR count). The highest BCUT2D eigenvalue weighted by molar-refractivity contribution is 7.90. The van der Waals surface area contributed by atoms with Gasteiger partial charge in [-0.25, -0.2) is 13.1 Å². The number of nitrogens with one attached hydrogen (secondary N) is 1. The molecule has 42 heavy (non-hydrogen) atoms. The van der Waals surface area contributed by atoms with Gasteiger partial charge in [0.05, 0.1) is 23.6 Å². The second-order valence-corrected chi connectivity index (χ2v) is 15.5. The number of amides is 1. The predicted molar refractivity (Wildman–Crippen MR) is 164 cm³/mol. The SMILES string of the molecule is O=C1NS(=O)(=O)[C@H](C2CC2)CC/C=C\[C@H](O)[C@@H]2CC[C@H]2CN2C[C@@]3(CCCc4cc(Cl)ccc43)COc3ccc1cc32. The van der Waals surface area contributed by atoms with Crippen molar-refractivity contribution in [1.29, 1.82) is 0 Å². The lowest BCUT2D eigenvalue weighted by molar-refractivity contribution is 0.0456. The van der Waals surface area contributed by atoms with Crippen LogP contribution in [0, 0.1) is 17.8 Å². The molecule has 7 nitrogen and oxygen atoms in total. The summed E-state index contributed by atoms with van der Waals surface area (Å²) < 4.78 is 35.7. The molecule has 2 saturated carbocycles. The van der Waals surface area contributed by atoms with E-state index in [2.05, 4.69) is 21.8 Å². The average molecular weight is 611 g/mol. The molecule has 0 radical (unpaired) electrons. The number of anilines is 1. The molecule has 1 amide bonds. The number of carbonyl (C=O) groups is 1. The topological polar surface area (TPSA) is 95.9 Å². The van der Waals surface area contributed by atoms with Crippen molar-refractivity contribution in [2.45, 2.75) is 74.6 Å². The molecule has 224 valence electrons. The van der Waals surface area contributed by atoms with Crippen molar-refractivity contribution in [1.82, 2.24) is 4.72 Å². The number of sulfonamides is 1. The lowest BCUT2D eigenvalue weighted by Crippen LogP contribution is -2.49. The van der Waals surface area contributed by atoms with Gasteiger partial charge in [0, 0.05) is 29.1 Å². The molecule has 0 unspecified atom stereocenters. The molecule has 5 aliphatic rings. The molecule has 2 aliphatic heterocycles. The van der Waals surface area contributed by atoms with E-state index in [4.69, 9.17) is 16.3 Å². The van der Waals surface area contributed by atoms with Gasteiger partial charge in [0.25, 0.3) is 5.91 Å². The van der Waals surface area contributed by atoms with E-state index in [-0.39, 0.29) is 17.3 Å². The highest BCUT2D eigenvalue weighted by Gasteiger charge is 2.45. The highest BCUT2D eigenvalue weighted by atomic mass is 35.5. The van der Waals surface area contributed by atoms with Crippen LogP contribution in [0.15, 0.2) is 48.6 Å². The summed E-state index contributed by atoms with van der Waals surface area (Å²) in [6, 6.07) is 11.5. The number of ether oxygens (including phenoxy) is 1. The summed E-state index contributed by atoms with van der Waals surface area (Å²) in [4.78, 5) is 15.8. The Labute approximate surface area is 253 Å². The molecule has 0 saturated heterocycles. The zero-order valence-electron chi connectivity index (χ0n) is 23.8. The van der Waals surface area contributed by atoms with Crippen molar-refractivity contribution >= 4 is 33.2 Å². The summed E-state index contributed by atoms with van der Waals surface area (Å²) in [5.74, 6) is 0.611. The van der Waals surface area contributed by atoms with Gasteiger partial charge in [-0.15, -0.1) is 0 Å². The third-order valence-electron chi connectivity index (χ3n) is 10.4. The summed E-state index contributed by atoms with van der Waals surface area (Å²) in [7, 11) is -3.86. The van der Waals surface area contributed by atoms with E-state index in [1.54, 1.807) is 12.1 Å². The van der Waals surface area contributed by atoms with Gasteiger partial charge < -0.3 is 14.7 Å². The predicted octanol–water partition coefficient (Wildman–Crippen LogP) is 5.39. The van der Waals surface area contributed by atoms with Crippen LogP contribution in [0.4, 0.5) is 5.69 Å². The Balaban J connectivity index is 1.29. The number of aryl methyl sites for hydroxylation is 1. The fraction of sp³-hybridized carbons (Fsp3) is 0.545. The van der Waals surface area contributed by atoms with Gasteiger partial charge in [-0.3, -0.25) is 4.79 Å². The van der Waals surface area contributed by atoms with Crippen LogP contribution in [-0.2, 0) is 21.9 Å². The molecule has 9 heteroatoms. The molecule has 2 aromatic rings. The van der Waals surface area contributed by atoms with Gasteiger partial charge in [-0.1, -0.05) is 29.8 Å². The van der Waals surface area contributed by atoms with Crippen molar-refractivity contribution in [2.24, 2.45) is 17.8 Å². The molecule has 2 bridgehead atoms. The lowest BCUT2D eigenvalue weighted by Gasteiger charge is -2.45. The van der Waals surface area contributed by atoms with Crippen LogP contribution in [0.25, 0.3) is 0 Å². The van der Waals surface area contributed by atoms with Gasteiger partial charge in [0.15, 0.2) is 0 Å². The molecule has 2 aromatic carbocycles. The first-order chi connectivity index (χ1) is 20.2. The zero-order chi connectivity index (χ0) is 29.1. The fourth-order valence-corrected chi connectivity index (χ4v) is 9.77. The Morgan fingerprint density at radius 1 is 1.05 bits per heavy atom. The van der Waals surface area contributed by atoms with Gasteiger partial charge in [0.2, 0.25) is 10.0 Å². The largest absolute Gasteiger partial charge is 0.490 e. The van der Waals surface area contributed by atoms with E-state index in [9.17, 15) is 18.3 Å². The Kier molecular flexibility index (Phi) is 7.30. The third kappa shape index (κ3) is 5.24. The van der Waals surface area contributed by atoms with Crippen molar-refractivity contribution in [3.05, 3.63) is 70.3 Å². The maximum absolute atomic E-state index is 13.4. The maximum atomic E-state index is 13.4. The molecule has 0 aromatic heterocycles. The van der Waals surface area contributed by atoms with Crippen molar-refractivity contribution in [3.63, 3.8) is 0 Å². The number of hydrogen-bond donors (Lipinski definition) is 2. The third-order valence-corrected chi connectivity index (χ3v) is 12.5. The summed E-state index contributed by atoms with van der Waals surface area (Å²) in [5, 5.41) is 11.3. The number of fused-ring (bicyclic) bond motifs is 4. The molecular formula is C33H39ClN2O5S. The molecule has 1 spiro atoms.